The number of rotatable bonds is 7. The van der Waals surface area contributed by atoms with Gasteiger partial charge in [0.1, 0.15) is 16.8 Å². The van der Waals surface area contributed by atoms with E-state index >= 15 is 0 Å². The largest absolute Gasteiger partial charge is 0.483 e. The minimum absolute atomic E-state index is 0.137. The molecular formula is C24H17N3O2S2. The Morgan fingerprint density at radius 2 is 1.87 bits per heavy atom. The van der Waals surface area contributed by atoms with Crippen molar-refractivity contribution in [1.82, 2.24) is 4.98 Å². The molecule has 0 unspecified atom stereocenters. The van der Waals surface area contributed by atoms with E-state index < -0.39 is 0 Å². The SMILES string of the molecule is N#C/C(=C\c1ccccc1OCC(=O)Nc1ccccc1)c1nc(-c2cccs2)cs1. The number of thiophene rings is 1. The quantitative estimate of drug-likeness (QED) is 0.358. The smallest absolute Gasteiger partial charge is 0.262 e. The highest BCUT2D eigenvalue weighted by atomic mass is 32.1. The zero-order valence-electron chi connectivity index (χ0n) is 16.3. The average Bonchev–Trinajstić information content (AvgIpc) is 3.49. The van der Waals surface area contributed by atoms with Crippen molar-refractivity contribution in [1.29, 1.82) is 5.26 Å². The van der Waals surface area contributed by atoms with Gasteiger partial charge in [-0.3, -0.25) is 4.79 Å². The third-order valence-electron chi connectivity index (χ3n) is 4.26. The van der Waals surface area contributed by atoms with E-state index in [1.807, 2.05) is 71.4 Å². The molecule has 4 aromatic rings. The van der Waals surface area contributed by atoms with Gasteiger partial charge in [-0.25, -0.2) is 4.98 Å². The van der Waals surface area contributed by atoms with Gasteiger partial charge in [-0.15, -0.1) is 22.7 Å². The number of nitrogens with zero attached hydrogens (tertiary/aromatic N) is 2. The molecule has 31 heavy (non-hydrogen) atoms. The molecule has 0 aliphatic carbocycles. The van der Waals surface area contributed by atoms with E-state index in [4.69, 9.17) is 4.74 Å². The fraction of sp³-hybridized carbons (Fsp3) is 0.0417. The summed E-state index contributed by atoms with van der Waals surface area (Å²) in [6, 6.07) is 22.7. The molecule has 0 saturated heterocycles. The number of para-hydroxylation sites is 2. The molecule has 0 radical (unpaired) electrons. The standard InChI is InChI=1S/C24H17N3O2S2/c25-14-18(24-27-20(16-31-24)22-11-6-12-30-22)13-17-7-4-5-10-21(17)29-15-23(28)26-19-8-2-1-3-9-19/h1-13,16H,15H2,(H,26,28)/b18-13+. The summed E-state index contributed by atoms with van der Waals surface area (Å²) in [4.78, 5) is 17.9. The number of carbonyl (C=O) groups is 1. The van der Waals surface area contributed by atoms with Crippen LogP contribution in [0.2, 0.25) is 0 Å². The summed E-state index contributed by atoms with van der Waals surface area (Å²) in [6.45, 7) is -0.137. The molecule has 5 nitrogen and oxygen atoms in total. The number of hydrogen-bond acceptors (Lipinski definition) is 6. The summed E-state index contributed by atoms with van der Waals surface area (Å²) < 4.78 is 5.74. The summed E-state index contributed by atoms with van der Waals surface area (Å²) in [6.07, 6.45) is 1.74. The molecule has 2 heterocycles. The maximum atomic E-state index is 12.2. The van der Waals surface area contributed by atoms with Crippen molar-refractivity contribution in [3.05, 3.63) is 88.1 Å². The molecule has 2 aromatic heterocycles. The maximum absolute atomic E-state index is 12.2. The highest BCUT2D eigenvalue weighted by molar-refractivity contribution is 7.14. The molecule has 2 aromatic carbocycles. The van der Waals surface area contributed by atoms with Gasteiger partial charge in [0, 0.05) is 16.6 Å². The first-order chi connectivity index (χ1) is 15.2. The lowest BCUT2D eigenvalue weighted by atomic mass is 10.1. The molecule has 0 aliphatic heterocycles. The summed E-state index contributed by atoms with van der Waals surface area (Å²) in [5.74, 6) is 0.263. The van der Waals surface area contributed by atoms with Crippen LogP contribution in [0.15, 0.2) is 77.5 Å². The average molecular weight is 444 g/mol. The molecule has 7 heteroatoms. The minimum Gasteiger partial charge on any atom is -0.483 e. The molecule has 0 fully saturated rings. The van der Waals surface area contributed by atoms with E-state index in [0.717, 1.165) is 10.6 Å². The Morgan fingerprint density at radius 3 is 2.65 bits per heavy atom. The van der Waals surface area contributed by atoms with Crippen molar-refractivity contribution in [2.45, 2.75) is 0 Å². The van der Waals surface area contributed by atoms with Crippen LogP contribution in [-0.2, 0) is 4.79 Å². The Kier molecular flexibility index (Phi) is 6.53. The molecule has 0 aliphatic rings. The van der Waals surface area contributed by atoms with Gasteiger partial charge < -0.3 is 10.1 Å². The second kappa shape index (κ2) is 9.85. The van der Waals surface area contributed by atoms with E-state index in [-0.39, 0.29) is 12.5 Å². The number of nitrogens with one attached hydrogen (secondary N) is 1. The zero-order valence-corrected chi connectivity index (χ0v) is 18.0. The minimum atomic E-state index is -0.258. The second-order valence-corrected chi connectivity index (χ2v) is 8.23. The van der Waals surface area contributed by atoms with Gasteiger partial charge in [-0.05, 0) is 35.7 Å². The van der Waals surface area contributed by atoms with E-state index in [2.05, 4.69) is 16.4 Å². The molecule has 0 atom stereocenters. The lowest BCUT2D eigenvalue weighted by Gasteiger charge is -2.10. The highest BCUT2D eigenvalue weighted by Crippen LogP contribution is 2.31. The molecule has 0 bridgehead atoms. The van der Waals surface area contributed by atoms with Gasteiger partial charge in [0.15, 0.2) is 6.61 Å². The van der Waals surface area contributed by atoms with Crippen molar-refractivity contribution in [3.8, 4) is 22.4 Å². The number of amides is 1. The van der Waals surface area contributed by atoms with Crippen LogP contribution in [0.5, 0.6) is 5.75 Å². The first kappa shape index (κ1) is 20.5. The number of hydrogen-bond donors (Lipinski definition) is 1. The Bertz CT molecular complexity index is 1240. The van der Waals surface area contributed by atoms with Crippen LogP contribution in [0.3, 0.4) is 0 Å². The molecule has 1 amide bonds. The summed E-state index contributed by atoms with van der Waals surface area (Å²) in [5, 5.41) is 17.1. The van der Waals surface area contributed by atoms with Gasteiger partial charge >= 0.3 is 0 Å². The first-order valence-corrected chi connectivity index (χ1v) is 11.2. The summed E-state index contributed by atoms with van der Waals surface area (Å²) in [5.41, 5.74) is 2.72. The molecular weight excluding hydrogens is 426 g/mol. The number of anilines is 1. The van der Waals surface area contributed by atoms with Crippen LogP contribution in [0.25, 0.3) is 22.2 Å². The number of thiazole rings is 1. The Hall–Kier alpha value is -3.73. The number of allylic oxidation sites excluding steroid dienone is 1. The number of aromatic nitrogens is 1. The maximum Gasteiger partial charge on any atom is 0.262 e. The molecule has 4 rings (SSSR count). The van der Waals surface area contributed by atoms with Crippen molar-refractivity contribution in [2.24, 2.45) is 0 Å². The van der Waals surface area contributed by atoms with Gasteiger partial charge in [0.2, 0.25) is 0 Å². The monoisotopic (exact) mass is 443 g/mol. The molecule has 1 N–H and O–H groups in total. The third-order valence-corrected chi connectivity index (χ3v) is 6.03. The van der Waals surface area contributed by atoms with E-state index in [1.165, 1.54) is 11.3 Å². The van der Waals surface area contributed by atoms with Gasteiger partial charge in [0.25, 0.3) is 5.91 Å². The molecule has 0 saturated carbocycles. The lowest BCUT2D eigenvalue weighted by molar-refractivity contribution is -0.118. The number of ether oxygens (including phenoxy) is 1. The predicted molar refractivity (Wildman–Crippen MR) is 126 cm³/mol. The number of nitriles is 1. The highest BCUT2D eigenvalue weighted by Gasteiger charge is 2.12. The fourth-order valence-corrected chi connectivity index (χ4v) is 4.37. The van der Waals surface area contributed by atoms with Crippen molar-refractivity contribution in [3.63, 3.8) is 0 Å². The normalized spacial score (nSPS) is 11.0. The number of benzene rings is 2. The van der Waals surface area contributed by atoms with Crippen LogP contribution in [-0.4, -0.2) is 17.5 Å². The van der Waals surface area contributed by atoms with E-state index in [0.29, 0.717) is 27.6 Å². The van der Waals surface area contributed by atoms with E-state index in [1.54, 1.807) is 23.5 Å². The van der Waals surface area contributed by atoms with Crippen molar-refractivity contribution in [2.75, 3.05) is 11.9 Å². The van der Waals surface area contributed by atoms with Crippen LogP contribution in [0.1, 0.15) is 10.6 Å². The van der Waals surface area contributed by atoms with Crippen molar-refractivity contribution < 1.29 is 9.53 Å². The third kappa shape index (κ3) is 5.25. The lowest BCUT2D eigenvalue weighted by Crippen LogP contribution is -2.20. The van der Waals surface area contributed by atoms with Crippen LogP contribution in [0.4, 0.5) is 5.69 Å². The van der Waals surface area contributed by atoms with Gasteiger partial charge in [-0.1, -0.05) is 42.5 Å². The van der Waals surface area contributed by atoms with Crippen LogP contribution < -0.4 is 10.1 Å². The molecule has 152 valence electrons. The van der Waals surface area contributed by atoms with Crippen LogP contribution >= 0.6 is 22.7 Å². The predicted octanol–water partition coefficient (Wildman–Crippen LogP) is 5.95. The Balaban J connectivity index is 1.50. The van der Waals surface area contributed by atoms with Crippen LogP contribution in [0, 0.1) is 11.3 Å². The summed E-state index contributed by atoms with van der Waals surface area (Å²) in [7, 11) is 0. The number of carbonyl (C=O) groups excluding carboxylic acids is 1. The summed E-state index contributed by atoms with van der Waals surface area (Å²) >= 11 is 3.03. The molecule has 0 spiro atoms. The van der Waals surface area contributed by atoms with Gasteiger partial charge in [0.05, 0.1) is 16.1 Å². The van der Waals surface area contributed by atoms with Crippen molar-refractivity contribution >= 4 is 45.9 Å². The fourth-order valence-electron chi connectivity index (χ4n) is 2.83. The second-order valence-electron chi connectivity index (χ2n) is 6.43. The Labute approximate surface area is 187 Å². The zero-order chi connectivity index (χ0) is 21.5. The first-order valence-electron chi connectivity index (χ1n) is 9.41. The Morgan fingerprint density at radius 1 is 1.06 bits per heavy atom. The van der Waals surface area contributed by atoms with E-state index in [9.17, 15) is 10.1 Å². The van der Waals surface area contributed by atoms with Gasteiger partial charge in [-0.2, -0.15) is 5.26 Å². The topological polar surface area (TPSA) is 75.0 Å².